The number of anilines is 1. The van der Waals surface area contributed by atoms with E-state index in [1.807, 2.05) is 6.92 Å². The predicted octanol–water partition coefficient (Wildman–Crippen LogP) is 3.71. The molecule has 6 heteroatoms. The van der Waals surface area contributed by atoms with Crippen LogP contribution in [0.5, 0.6) is 0 Å². The standard InChI is InChI=1S/C17H17N3O2S/c1-10-4-6-12(7-5-10)8-18-15-13-11(2)14(17(21)22-3)23-16(13)20-9-19-15/h4-7,9H,8H2,1-3H3,(H,18,19,20). The van der Waals surface area contributed by atoms with Crippen molar-refractivity contribution >= 4 is 33.3 Å². The first-order chi connectivity index (χ1) is 11.1. The number of nitrogens with zero attached hydrogens (tertiary/aromatic N) is 2. The lowest BCUT2D eigenvalue weighted by Crippen LogP contribution is -2.03. The van der Waals surface area contributed by atoms with Crippen molar-refractivity contribution in [3.8, 4) is 0 Å². The van der Waals surface area contributed by atoms with Crippen molar-refractivity contribution in [3.63, 3.8) is 0 Å². The second-order valence-corrected chi connectivity index (χ2v) is 6.29. The third kappa shape index (κ3) is 3.03. The van der Waals surface area contributed by atoms with E-state index in [9.17, 15) is 4.79 Å². The van der Waals surface area contributed by atoms with E-state index in [1.54, 1.807) is 0 Å². The Hall–Kier alpha value is -2.47. The topological polar surface area (TPSA) is 64.1 Å². The van der Waals surface area contributed by atoms with E-state index in [2.05, 4.69) is 46.5 Å². The third-order valence-electron chi connectivity index (χ3n) is 3.68. The third-order valence-corrected chi connectivity index (χ3v) is 4.86. The number of aromatic nitrogens is 2. The maximum atomic E-state index is 11.8. The maximum Gasteiger partial charge on any atom is 0.348 e. The average Bonchev–Trinajstić information content (AvgIpc) is 2.91. The molecule has 0 aliphatic heterocycles. The number of thiophene rings is 1. The number of esters is 1. The molecule has 2 aromatic heterocycles. The quantitative estimate of drug-likeness (QED) is 0.740. The SMILES string of the molecule is COC(=O)c1sc2ncnc(NCc3ccc(C)cc3)c2c1C. The van der Waals surface area contributed by atoms with Crippen LogP contribution in [-0.2, 0) is 11.3 Å². The molecule has 0 amide bonds. The van der Waals surface area contributed by atoms with Gasteiger partial charge in [0.05, 0.1) is 12.5 Å². The van der Waals surface area contributed by atoms with Gasteiger partial charge in [-0.15, -0.1) is 11.3 Å². The number of carbonyl (C=O) groups is 1. The molecule has 118 valence electrons. The van der Waals surface area contributed by atoms with E-state index in [4.69, 9.17) is 4.74 Å². The Morgan fingerprint density at radius 3 is 2.65 bits per heavy atom. The second-order valence-electron chi connectivity index (χ2n) is 5.29. The molecule has 0 saturated carbocycles. The van der Waals surface area contributed by atoms with Gasteiger partial charge >= 0.3 is 5.97 Å². The van der Waals surface area contributed by atoms with Crippen molar-refractivity contribution in [2.45, 2.75) is 20.4 Å². The molecule has 0 aliphatic rings. The van der Waals surface area contributed by atoms with Crippen LogP contribution in [0.2, 0.25) is 0 Å². The van der Waals surface area contributed by atoms with Gasteiger partial charge in [-0.05, 0) is 25.0 Å². The van der Waals surface area contributed by atoms with E-state index < -0.39 is 0 Å². The van der Waals surface area contributed by atoms with Gasteiger partial charge in [0.2, 0.25) is 0 Å². The van der Waals surface area contributed by atoms with Crippen molar-refractivity contribution in [1.82, 2.24) is 9.97 Å². The van der Waals surface area contributed by atoms with Crippen LogP contribution in [0.3, 0.4) is 0 Å². The van der Waals surface area contributed by atoms with E-state index >= 15 is 0 Å². The summed E-state index contributed by atoms with van der Waals surface area (Å²) in [5.74, 6) is 0.398. The molecule has 1 N–H and O–H groups in total. The van der Waals surface area contributed by atoms with Crippen LogP contribution >= 0.6 is 11.3 Å². The van der Waals surface area contributed by atoms with Crippen molar-refractivity contribution in [1.29, 1.82) is 0 Å². The summed E-state index contributed by atoms with van der Waals surface area (Å²) in [7, 11) is 1.38. The van der Waals surface area contributed by atoms with Crippen molar-refractivity contribution < 1.29 is 9.53 Å². The number of nitrogens with one attached hydrogen (secondary N) is 1. The Labute approximate surface area is 138 Å². The molecule has 0 atom stereocenters. The number of benzene rings is 1. The van der Waals surface area contributed by atoms with Crippen LogP contribution in [0, 0.1) is 13.8 Å². The van der Waals surface area contributed by atoms with E-state index in [0.717, 1.165) is 21.6 Å². The number of methoxy groups -OCH3 is 1. The van der Waals surface area contributed by atoms with Crippen LogP contribution in [0.4, 0.5) is 5.82 Å². The Bertz CT molecular complexity index is 856. The molecule has 0 bridgehead atoms. The fraction of sp³-hybridized carbons (Fsp3) is 0.235. The summed E-state index contributed by atoms with van der Waals surface area (Å²) < 4.78 is 4.83. The molecule has 0 spiro atoms. The number of carbonyl (C=O) groups excluding carboxylic acids is 1. The molecular formula is C17H17N3O2S. The van der Waals surface area contributed by atoms with Gasteiger partial charge < -0.3 is 10.1 Å². The summed E-state index contributed by atoms with van der Waals surface area (Å²) in [4.78, 5) is 21.8. The first-order valence-electron chi connectivity index (χ1n) is 7.22. The first-order valence-corrected chi connectivity index (χ1v) is 8.03. The molecule has 0 unspecified atom stereocenters. The summed E-state index contributed by atoms with van der Waals surface area (Å²) in [5, 5.41) is 4.22. The molecular weight excluding hydrogens is 310 g/mol. The smallest absolute Gasteiger partial charge is 0.348 e. The summed E-state index contributed by atoms with van der Waals surface area (Å²) in [6.45, 7) is 4.62. The van der Waals surface area contributed by atoms with Gasteiger partial charge in [-0.25, -0.2) is 14.8 Å². The molecule has 0 radical (unpaired) electrons. The van der Waals surface area contributed by atoms with Crippen LogP contribution < -0.4 is 5.32 Å². The summed E-state index contributed by atoms with van der Waals surface area (Å²) in [6, 6.07) is 8.33. The van der Waals surface area contributed by atoms with Gasteiger partial charge in [0.1, 0.15) is 21.9 Å². The molecule has 1 aromatic carbocycles. The van der Waals surface area contributed by atoms with Gasteiger partial charge in [0.15, 0.2) is 0 Å². The summed E-state index contributed by atoms with van der Waals surface area (Å²) in [5.41, 5.74) is 3.25. The normalized spacial score (nSPS) is 10.7. The zero-order valence-corrected chi connectivity index (χ0v) is 14.0. The van der Waals surface area contributed by atoms with Gasteiger partial charge in [-0.2, -0.15) is 0 Å². The van der Waals surface area contributed by atoms with Crippen LogP contribution in [0.25, 0.3) is 10.2 Å². The zero-order valence-electron chi connectivity index (χ0n) is 13.2. The molecule has 0 fully saturated rings. The largest absolute Gasteiger partial charge is 0.465 e. The lowest BCUT2D eigenvalue weighted by molar-refractivity contribution is 0.0605. The minimum atomic E-state index is -0.338. The van der Waals surface area contributed by atoms with Gasteiger partial charge in [-0.1, -0.05) is 29.8 Å². The number of aryl methyl sites for hydroxylation is 2. The molecule has 0 aliphatic carbocycles. The van der Waals surface area contributed by atoms with Crippen LogP contribution in [0.15, 0.2) is 30.6 Å². The van der Waals surface area contributed by atoms with E-state index in [1.165, 1.54) is 35.9 Å². The van der Waals surface area contributed by atoms with Crippen molar-refractivity contribution in [3.05, 3.63) is 52.2 Å². The molecule has 2 heterocycles. The fourth-order valence-corrected chi connectivity index (χ4v) is 3.45. The van der Waals surface area contributed by atoms with Crippen molar-refractivity contribution in [2.75, 3.05) is 12.4 Å². The Balaban J connectivity index is 1.93. The highest BCUT2D eigenvalue weighted by Gasteiger charge is 2.19. The summed E-state index contributed by atoms with van der Waals surface area (Å²) >= 11 is 1.33. The average molecular weight is 327 g/mol. The molecule has 23 heavy (non-hydrogen) atoms. The summed E-state index contributed by atoms with van der Waals surface area (Å²) in [6.07, 6.45) is 1.51. The monoisotopic (exact) mass is 327 g/mol. The van der Waals surface area contributed by atoms with Crippen LogP contribution in [0.1, 0.15) is 26.4 Å². The molecule has 0 saturated heterocycles. The number of ether oxygens (including phenoxy) is 1. The number of hydrogen-bond donors (Lipinski definition) is 1. The van der Waals surface area contributed by atoms with Crippen molar-refractivity contribution in [2.24, 2.45) is 0 Å². The fourth-order valence-electron chi connectivity index (χ4n) is 2.38. The molecule has 3 aromatic rings. The van der Waals surface area contributed by atoms with Gasteiger partial charge in [-0.3, -0.25) is 0 Å². The van der Waals surface area contributed by atoms with Gasteiger partial charge in [0.25, 0.3) is 0 Å². The van der Waals surface area contributed by atoms with E-state index in [-0.39, 0.29) is 5.97 Å². The number of rotatable bonds is 4. The Morgan fingerprint density at radius 1 is 1.22 bits per heavy atom. The number of hydrogen-bond acceptors (Lipinski definition) is 6. The van der Waals surface area contributed by atoms with Gasteiger partial charge in [0, 0.05) is 6.54 Å². The minimum Gasteiger partial charge on any atom is -0.465 e. The minimum absolute atomic E-state index is 0.338. The predicted molar refractivity (Wildman–Crippen MR) is 92.0 cm³/mol. The Morgan fingerprint density at radius 2 is 1.96 bits per heavy atom. The molecule has 5 nitrogen and oxygen atoms in total. The Kier molecular flexibility index (Phi) is 4.25. The number of fused-ring (bicyclic) bond motifs is 1. The zero-order chi connectivity index (χ0) is 16.4. The first kappa shape index (κ1) is 15.4. The maximum absolute atomic E-state index is 11.8. The van der Waals surface area contributed by atoms with E-state index in [0.29, 0.717) is 11.4 Å². The highest BCUT2D eigenvalue weighted by atomic mass is 32.1. The highest BCUT2D eigenvalue weighted by Crippen LogP contribution is 2.33. The lowest BCUT2D eigenvalue weighted by atomic mass is 10.1. The lowest BCUT2D eigenvalue weighted by Gasteiger charge is -2.07. The highest BCUT2D eigenvalue weighted by molar-refractivity contribution is 7.20. The van der Waals surface area contributed by atoms with Crippen LogP contribution in [-0.4, -0.2) is 23.0 Å². The second kappa shape index (κ2) is 6.34. The molecule has 3 rings (SSSR count).